The molecule has 0 aliphatic heterocycles. The van der Waals surface area contributed by atoms with Gasteiger partial charge in [-0.3, -0.25) is 9.69 Å². The van der Waals surface area contributed by atoms with Gasteiger partial charge in [-0.05, 0) is 58.0 Å². The minimum atomic E-state index is -1.03. The van der Waals surface area contributed by atoms with Crippen molar-refractivity contribution in [3.05, 3.63) is 54.1 Å². The average molecular weight is 339 g/mol. The molecule has 2 aromatic rings. The van der Waals surface area contributed by atoms with Gasteiger partial charge in [-0.2, -0.15) is 10.2 Å². The highest BCUT2D eigenvalue weighted by Crippen LogP contribution is 2.28. The second-order valence-corrected chi connectivity index (χ2v) is 6.62. The average Bonchev–Trinajstić information content (AvgIpc) is 2.52. The van der Waals surface area contributed by atoms with E-state index in [-0.39, 0.29) is 5.78 Å². The van der Waals surface area contributed by atoms with Crippen LogP contribution in [0, 0.1) is 0 Å². The third-order valence-electron chi connectivity index (χ3n) is 3.48. The summed E-state index contributed by atoms with van der Waals surface area (Å²) in [5.74, 6) is -0.0404. The fraction of sp³-hybridized carbons (Fsp3) is 0.263. The number of amides is 1. The summed E-state index contributed by atoms with van der Waals surface area (Å²) in [6.45, 7) is 6.96. The number of anilines is 1. The number of rotatable bonds is 4. The van der Waals surface area contributed by atoms with E-state index < -0.39 is 11.6 Å². The van der Waals surface area contributed by atoms with E-state index in [9.17, 15) is 14.7 Å². The molecule has 2 rings (SSSR count). The summed E-state index contributed by atoms with van der Waals surface area (Å²) in [7, 11) is 0. The Kier molecular flexibility index (Phi) is 5.32. The van der Waals surface area contributed by atoms with Crippen LogP contribution in [0.1, 0.15) is 38.1 Å². The zero-order valence-electron chi connectivity index (χ0n) is 14.7. The van der Waals surface area contributed by atoms with Crippen LogP contribution >= 0.6 is 0 Å². The summed E-state index contributed by atoms with van der Waals surface area (Å²) in [4.78, 5) is 24.3. The molecule has 0 fully saturated rings. The Morgan fingerprint density at radius 3 is 2.04 bits per heavy atom. The van der Waals surface area contributed by atoms with Crippen molar-refractivity contribution in [2.45, 2.75) is 33.2 Å². The van der Waals surface area contributed by atoms with Crippen LogP contribution in [0.4, 0.5) is 21.9 Å². The summed E-state index contributed by atoms with van der Waals surface area (Å²) in [6, 6.07) is 13.7. The minimum absolute atomic E-state index is 0.0404. The van der Waals surface area contributed by atoms with Crippen LogP contribution in [0.5, 0.6) is 0 Å². The first-order valence-electron chi connectivity index (χ1n) is 7.84. The van der Waals surface area contributed by atoms with Crippen LogP contribution in [0.25, 0.3) is 0 Å². The van der Waals surface area contributed by atoms with Gasteiger partial charge in [-0.15, -0.1) is 0 Å². The smallest absolute Gasteiger partial charge is 0.412 e. The van der Waals surface area contributed by atoms with E-state index in [0.717, 1.165) is 0 Å². The molecule has 0 spiro atoms. The maximum atomic E-state index is 11.6. The number of carbonyl (C=O) groups excluding carboxylic acids is 1. The van der Waals surface area contributed by atoms with Crippen LogP contribution in [0.2, 0.25) is 0 Å². The van der Waals surface area contributed by atoms with Gasteiger partial charge in [-0.25, -0.2) is 4.79 Å². The van der Waals surface area contributed by atoms with Crippen molar-refractivity contribution >= 4 is 28.9 Å². The van der Waals surface area contributed by atoms with E-state index in [2.05, 4.69) is 10.2 Å². The molecule has 0 atom stereocenters. The highest BCUT2D eigenvalue weighted by atomic mass is 16.4. The Morgan fingerprint density at radius 1 is 0.960 bits per heavy atom. The van der Waals surface area contributed by atoms with Gasteiger partial charge in [0.05, 0.1) is 11.4 Å². The lowest BCUT2D eigenvalue weighted by Crippen LogP contribution is -2.45. The van der Waals surface area contributed by atoms with Crippen molar-refractivity contribution < 1.29 is 14.7 Å². The molecule has 0 aliphatic rings. The minimum Gasteiger partial charge on any atom is -0.465 e. The SMILES string of the molecule is CC(=O)c1cccc(N=Nc2cccc(N(C(=O)O)C(C)(C)C)c2)c1. The zero-order chi connectivity index (χ0) is 18.6. The second-order valence-electron chi connectivity index (χ2n) is 6.62. The number of ketones is 1. The maximum absolute atomic E-state index is 11.6. The summed E-state index contributed by atoms with van der Waals surface area (Å²) < 4.78 is 0. The molecule has 0 unspecified atom stereocenters. The Morgan fingerprint density at radius 2 is 1.52 bits per heavy atom. The molecule has 130 valence electrons. The maximum Gasteiger partial charge on any atom is 0.412 e. The first-order valence-corrected chi connectivity index (χ1v) is 7.84. The van der Waals surface area contributed by atoms with Gasteiger partial charge in [0, 0.05) is 16.8 Å². The van der Waals surface area contributed by atoms with Gasteiger partial charge in [0.25, 0.3) is 0 Å². The van der Waals surface area contributed by atoms with Crippen molar-refractivity contribution in [1.29, 1.82) is 0 Å². The van der Waals surface area contributed by atoms with Gasteiger partial charge in [0.2, 0.25) is 0 Å². The molecule has 1 N–H and O–H groups in total. The molecule has 0 aromatic heterocycles. The van der Waals surface area contributed by atoms with E-state index in [0.29, 0.717) is 22.6 Å². The van der Waals surface area contributed by atoms with Crippen LogP contribution in [0.15, 0.2) is 58.8 Å². The number of carboxylic acid groups (broad SMARTS) is 1. The molecule has 0 bridgehead atoms. The topological polar surface area (TPSA) is 82.3 Å². The zero-order valence-corrected chi connectivity index (χ0v) is 14.7. The van der Waals surface area contributed by atoms with Crippen LogP contribution < -0.4 is 4.90 Å². The normalized spacial score (nSPS) is 11.5. The van der Waals surface area contributed by atoms with E-state index in [4.69, 9.17) is 0 Å². The number of Topliss-reactive ketones (excluding diaryl/α,β-unsaturated/α-hetero) is 1. The van der Waals surface area contributed by atoms with E-state index >= 15 is 0 Å². The third kappa shape index (κ3) is 4.73. The van der Waals surface area contributed by atoms with E-state index in [1.165, 1.54) is 11.8 Å². The highest BCUT2D eigenvalue weighted by Gasteiger charge is 2.27. The molecular formula is C19H21N3O3. The number of hydrogen-bond donors (Lipinski definition) is 1. The molecule has 0 saturated heterocycles. The van der Waals surface area contributed by atoms with Crippen molar-refractivity contribution in [2.24, 2.45) is 10.2 Å². The summed E-state index contributed by atoms with van der Waals surface area (Å²) in [6.07, 6.45) is -1.03. The van der Waals surface area contributed by atoms with Crippen molar-refractivity contribution in [3.8, 4) is 0 Å². The number of benzene rings is 2. The quantitative estimate of drug-likeness (QED) is 0.582. The molecule has 0 radical (unpaired) electrons. The van der Waals surface area contributed by atoms with Crippen LogP contribution in [-0.4, -0.2) is 22.5 Å². The Balaban J connectivity index is 2.31. The first kappa shape index (κ1) is 18.3. The van der Waals surface area contributed by atoms with Gasteiger partial charge in [-0.1, -0.05) is 18.2 Å². The van der Waals surface area contributed by atoms with Gasteiger partial charge >= 0.3 is 6.09 Å². The highest BCUT2D eigenvalue weighted by molar-refractivity contribution is 5.94. The van der Waals surface area contributed by atoms with Crippen molar-refractivity contribution in [1.82, 2.24) is 0 Å². The number of carbonyl (C=O) groups is 2. The third-order valence-corrected chi connectivity index (χ3v) is 3.48. The molecule has 0 aliphatic carbocycles. The monoisotopic (exact) mass is 339 g/mol. The molecular weight excluding hydrogens is 318 g/mol. The number of hydrogen-bond acceptors (Lipinski definition) is 4. The van der Waals surface area contributed by atoms with Gasteiger partial charge in [0.1, 0.15) is 0 Å². The molecule has 0 saturated carbocycles. The predicted molar refractivity (Wildman–Crippen MR) is 97.3 cm³/mol. The second kappa shape index (κ2) is 7.25. The lowest BCUT2D eigenvalue weighted by atomic mass is 10.1. The molecule has 1 amide bonds. The lowest BCUT2D eigenvalue weighted by Gasteiger charge is -2.33. The molecule has 6 nitrogen and oxygen atoms in total. The number of azo groups is 1. The van der Waals surface area contributed by atoms with Crippen LogP contribution in [-0.2, 0) is 0 Å². The summed E-state index contributed by atoms with van der Waals surface area (Å²) >= 11 is 0. The molecule has 0 heterocycles. The van der Waals surface area contributed by atoms with Gasteiger partial charge < -0.3 is 5.11 Å². The molecule has 25 heavy (non-hydrogen) atoms. The Bertz CT molecular complexity index is 823. The fourth-order valence-corrected chi connectivity index (χ4v) is 2.38. The lowest BCUT2D eigenvalue weighted by molar-refractivity contribution is 0.101. The summed E-state index contributed by atoms with van der Waals surface area (Å²) in [5.41, 5.74) is 1.59. The number of nitrogens with zero attached hydrogens (tertiary/aromatic N) is 3. The largest absolute Gasteiger partial charge is 0.465 e. The first-order chi connectivity index (χ1) is 11.7. The Labute approximate surface area is 146 Å². The summed E-state index contributed by atoms with van der Waals surface area (Å²) in [5, 5.41) is 17.8. The van der Waals surface area contributed by atoms with E-state index in [1.54, 1.807) is 48.5 Å². The van der Waals surface area contributed by atoms with Crippen LogP contribution in [0.3, 0.4) is 0 Å². The molecule has 2 aromatic carbocycles. The molecule has 6 heteroatoms. The van der Waals surface area contributed by atoms with Crippen molar-refractivity contribution in [3.63, 3.8) is 0 Å². The van der Waals surface area contributed by atoms with Crippen molar-refractivity contribution in [2.75, 3.05) is 4.90 Å². The fourth-order valence-electron chi connectivity index (χ4n) is 2.38. The van der Waals surface area contributed by atoms with E-state index in [1.807, 2.05) is 20.8 Å². The standard InChI is InChI=1S/C19H21N3O3/c1-13(23)14-7-5-8-15(11-14)20-21-16-9-6-10-17(12-16)22(18(24)25)19(2,3)4/h5-12H,1-4H3,(H,24,25). The Hall–Kier alpha value is -3.02. The van der Waals surface area contributed by atoms with Gasteiger partial charge in [0.15, 0.2) is 5.78 Å². The predicted octanol–water partition coefficient (Wildman–Crippen LogP) is 5.59.